The van der Waals surface area contributed by atoms with Crippen LogP contribution in [0.15, 0.2) is 35.6 Å². The molecule has 1 amide bonds. The third-order valence-electron chi connectivity index (χ3n) is 8.00. The molecule has 1 atom stereocenters. The van der Waals surface area contributed by atoms with Gasteiger partial charge in [0.05, 0.1) is 36.1 Å². The second kappa shape index (κ2) is 10.1. The number of nitrogens with zero attached hydrogens (tertiary/aromatic N) is 5. The predicted molar refractivity (Wildman–Crippen MR) is 149 cm³/mol. The fourth-order valence-electron chi connectivity index (χ4n) is 6.95. The summed E-state index contributed by atoms with van der Waals surface area (Å²) < 4.78 is 48.1. The molecule has 0 radical (unpaired) electrons. The number of aliphatic hydroxyl groups is 1. The van der Waals surface area contributed by atoms with E-state index in [-0.39, 0.29) is 35.7 Å². The van der Waals surface area contributed by atoms with Crippen LogP contribution in [0.4, 0.5) is 13.2 Å². The Balaban J connectivity index is 1.93. The van der Waals surface area contributed by atoms with Crippen molar-refractivity contribution in [2.75, 3.05) is 7.11 Å². The first-order chi connectivity index (χ1) is 18.8. The molecular weight excluding hydrogens is 535 g/mol. The fourth-order valence-corrected chi connectivity index (χ4v) is 6.95. The van der Waals surface area contributed by atoms with Crippen LogP contribution in [0.1, 0.15) is 82.8 Å². The molecule has 1 aliphatic heterocycles. The molecule has 1 aliphatic rings. The molecule has 0 aliphatic carbocycles. The van der Waals surface area contributed by atoms with Gasteiger partial charge in [-0.2, -0.15) is 13.2 Å². The monoisotopic (exact) mass is 573 g/mol. The second-order valence-electron chi connectivity index (χ2n) is 12.3. The molecule has 0 bridgehead atoms. The third-order valence-corrected chi connectivity index (χ3v) is 8.00. The van der Waals surface area contributed by atoms with Gasteiger partial charge in [0.2, 0.25) is 11.8 Å². The number of rotatable bonds is 4. The maximum absolute atomic E-state index is 13.6. The normalized spacial score (nSPS) is 19.3. The first kappa shape index (κ1) is 30.5. The van der Waals surface area contributed by atoms with E-state index in [4.69, 9.17) is 14.7 Å². The van der Waals surface area contributed by atoms with E-state index in [0.29, 0.717) is 22.2 Å². The Labute approximate surface area is 237 Å². The average molecular weight is 574 g/mol. The van der Waals surface area contributed by atoms with Crippen molar-refractivity contribution in [3.63, 3.8) is 0 Å². The highest BCUT2D eigenvalue weighted by Crippen LogP contribution is 2.48. The highest BCUT2D eigenvalue weighted by Gasteiger charge is 2.54. The number of hydrogen-bond acceptors (Lipinski definition) is 6. The number of pyridine rings is 1. The van der Waals surface area contributed by atoms with E-state index in [1.165, 1.54) is 27.0 Å². The summed E-state index contributed by atoms with van der Waals surface area (Å²) in [6, 6.07) is 5.15. The molecular formula is C30H38F3N5O3. The number of aryl methyl sites for hydroxylation is 1. The summed E-state index contributed by atoms with van der Waals surface area (Å²) in [6.07, 6.45) is -2.48. The number of aromatic nitrogens is 3. The highest BCUT2D eigenvalue weighted by atomic mass is 19.4. The molecule has 1 unspecified atom stereocenters. The van der Waals surface area contributed by atoms with Gasteiger partial charge in [-0.25, -0.2) is 9.97 Å². The number of hydrogen-bond donors (Lipinski definition) is 1. The Morgan fingerprint density at radius 2 is 1.78 bits per heavy atom. The van der Waals surface area contributed by atoms with Crippen LogP contribution in [-0.2, 0) is 23.6 Å². The summed E-state index contributed by atoms with van der Waals surface area (Å²) in [5.41, 5.74) is -1.75. The molecule has 2 aromatic heterocycles. The Bertz CT molecular complexity index is 1560. The van der Waals surface area contributed by atoms with Gasteiger partial charge in [0.1, 0.15) is 11.1 Å². The van der Waals surface area contributed by atoms with Crippen LogP contribution in [0.3, 0.4) is 0 Å². The van der Waals surface area contributed by atoms with Crippen molar-refractivity contribution in [2.45, 2.75) is 90.2 Å². The lowest BCUT2D eigenvalue weighted by atomic mass is 9.69. The number of benzene rings is 1. The quantitative estimate of drug-likeness (QED) is 0.454. The van der Waals surface area contributed by atoms with Crippen LogP contribution in [-0.4, -0.2) is 48.6 Å². The molecule has 222 valence electrons. The Morgan fingerprint density at radius 1 is 1.17 bits per heavy atom. The molecule has 8 nitrogen and oxygen atoms in total. The molecule has 0 saturated carbocycles. The second-order valence-corrected chi connectivity index (χ2v) is 12.3. The van der Waals surface area contributed by atoms with Crippen LogP contribution in [0, 0.1) is 6.92 Å². The molecule has 1 fully saturated rings. The van der Waals surface area contributed by atoms with Crippen LogP contribution >= 0.6 is 0 Å². The number of fused-ring (bicyclic) bond motifs is 1. The summed E-state index contributed by atoms with van der Waals surface area (Å²) in [4.78, 5) is 28.3. The molecule has 0 spiro atoms. The number of amides is 1. The highest BCUT2D eigenvalue weighted by molar-refractivity contribution is 5.83. The minimum atomic E-state index is -4.48. The molecule has 4 rings (SSSR count). The van der Waals surface area contributed by atoms with Crippen molar-refractivity contribution in [3.05, 3.63) is 58.5 Å². The number of halogens is 3. The first-order valence-electron chi connectivity index (χ1n) is 13.5. The molecule has 3 heterocycles. The lowest BCUT2D eigenvalue weighted by Crippen LogP contribution is -2.66. The van der Waals surface area contributed by atoms with Gasteiger partial charge in [-0.3, -0.25) is 9.79 Å². The Hall–Kier alpha value is -3.47. The fraction of sp³-hybridized carbons (Fsp3) is 0.533. The summed E-state index contributed by atoms with van der Waals surface area (Å²) in [6.45, 7) is 12.4. The number of alkyl halides is 3. The minimum Gasteiger partial charge on any atom is -0.479 e. The van der Waals surface area contributed by atoms with E-state index in [1.54, 1.807) is 41.9 Å². The van der Waals surface area contributed by atoms with E-state index >= 15 is 0 Å². The van der Waals surface area contributed by atoms with Crippen molar-refractivity contribution >= 4 is 16.8 Å². The van der Waals surface area contributed by atoms with Crippen molar-refractivity contribution in [1.82, 2.24) is 19.4 Å². The van der Waals surface area contributed by atoms with Crippen molar-refractivity contribution in [2.24, 2.45) is 12.0 Å². The smallest absolute Gasteiger partial charge is 0.416 e. The van der Waals surface area contributed by atoms with Crippen LogP contribution in [0.2, 0.25) is 0 Å². The summed E-state index contributed by atoms with van der Waals surface area (Å²) >= 11 is 0. The SMILES string of the molecule is COc1nc(C2(O)CC(C)(C)N(C(C)=O)C(C)(C)C2)cc2c(=NC(C)c3cccc(C(F)(F)F)c3C)ncn(C)c12. The van der Waals surface area contributed by atoms with Gasteiger partial charge in [-0.1, -0.05) is 12.1 Å². The van der Waals surface area contributed by atoms with Gasteiger partial charge in [0, 0.05) is 37.9 Å². The van der Waals surface area contributed by atoms with Crippen molar-refractivity contribution in [3.8, 4) is 5.88 Å². The van der Waals surface area contributed by atoms with Gasteiger partial charge in [0.25, 0.3) is 0 Å². The minimum absolute atomic E-state index is 0.0812. The molecule has 3 aromatic rings. The van der Waals surface area contributed by atoms with E-state index in [0.717, 1.165) is 6.07 Å². The van der Waals surface area contributed by atoms with Gasteiger partial charge in [0.15, 0.2) is 5.49 Å². The zero-order chi connectivity index (χ0) is 30.7. The van der Waals surface area contributed by atoms with Crippen LogP contribution < -0.4 is 10.2 Å². The zero-order valence-corrected chi connectivity index (χ0v) is 25.0. The molecule has 1 saturated heterocycles. The summed E-state index contributed by atoms with van der Waals surface area (Å²) in [7, 11) is 3.25. The van der Waals surface area contributed by atoms with E-state index in [1.807, 2.05) is 27.7 Å². The van der Waals surface area contributed by atoms with Gasteiger partial charge in [-0.15, -0.1) is 0 Å². The van der Waals surface area contributed by atoms with E-state index < -0.39 is 34.5 Å². The molecule has 41 heavy (non-hydrogen) atoms. The third kappa shape index (κ3) is 5.43. The first-order valence-corrected chi connectivity index (χ1v) is 13.5. The van der Waals surface area contributed by atoms with Gasteiger partial charge in [-0.05, 0) is 64.8 Å². The van der Waals surface area contributed by atoms with Crippen molar-refractivity contribution in [1.29, 1.82) is 0 Å². The molecule has 11 heteroatoms. The lowest BCUT2D eigenvalue weighted by Gasteiger charge is -2.57. The molecule has 1 aromatic carbocycles. The standard InChI is InChI=1S/C30H38F3N5O3/c1-17-20(11-10-12-22(17)30(31,32)33)18(2)35-25-21-13-23(36-26(41-9)24(21)37(8)16-34-25)29(40)14-27(4,5)38(19(3)39)28(6,7)15-29/h10-13,16,18,40H,14-15H2,1-9H3. The number of carbonyl (C=O) groups is 1. The maximum Gasteiger partial charge on any atom is 0.416 e. The molecule has 1 N–H and O–H groups in total. The number of ether oxygens (including phenoxy) is 1. The number of carbonyl (C=O) groups excluding carboxylic acids is 1. The summed E-state index contributed by atoms with van der Waals surface area (Å²) in [5.74, 6) is 0.169. The van der Waals surface area contributed by atoms with E-state index in [9.17, 15) is 23.1 Å². The lowest BCUT2D eigenvalue weighted by molar-refractivity contribution is -0.168. The number of piperidine rings is 1. The van der Waals surface area contributed by atoms with Crippen molar-refractivity contribution < 1.29 is 27.8 Å². The topological polar surface area (TPSA) is 92.8 Å². The Kier molecular flexibility index (Phi) is 7.52. The van der Waals surface area contributed by atoms with Crippen LogP contribution in [0.5, 0.6) is 5.88 Å². The maximum atomic E-state index is 13.6. The zero-order valence-electron chi connectivity index (χ0n) is 25.0. The Morgan fingerprint density at radius 3 is 2.32 bits per heavy atom. The number of methoxy groups -OCH3 is 1. The number of likely N-dealkylation sites (tertiary alicyclic amines) is 1. The largest absolute Gasteiger partial charge is 0.479 e. The van der Waals surface area contributed by atoms with Gasteiger partial charge < -0.3 is 19.3 Å². The average Bonchev–Trinajstić information content (AvgIpc) is 2.82. The summed E-state index contributed by atoms with van der Waals surface area (Å²) in [5, 5.41) is 12.7. The van der Waals surface area contributed by atoms with E-state index in [2.05, 4.69) is 4.98 Å². The van der Waals surface area contributed by atoms with Crippen LogP contribution in [0.25, 0.3) is 10.9 Å². The predicted octanol–water partition coefficient (Wildman–Crippen LogP) is 5.35. The van der Waals surface area contributed by atoms with Gasteiger partial charge >= 0.3 is 6.18 Å².